The summed E-state index contributed by atoms with van der Waals surface area (Å²) in [6.45, 7) is 0.473. The van der Waals surface area contributed by atoms with E-state index in [-0.39, 0.29) is 11.8 Å². The van der Waals surface area contributed by atoms with E-state index in [0.717, 1.165) is 15.7 Å². The zero-order valence-electron chi connectivity index (χ0n) is 11.1. The van der Waals surface area contributed by atoms with E-state index in [1.807, 2.05) is 48.5 Å². The van der Waals surface area contributed by atoms with Crippen molar-refractivity contribution in [2.75, 3.05) is 11.9 Å². The zero-order valence-corrected chi connectivity index (χ0v) is 13.5. The molecule has 1 unspecified atom stereocenters. The third-order valence-corrected chi connectivity index (χ3v) is 3.91. The van der Waals surface area contributed by atoms with Gasteiger partial charge in [-0.3, -0.25) is 0 Å². The van der Waals surface area contributed by atoms with E-state index >= 15 is 0 Å². The molecule has 4 nitrogen and oxygen atoms in total. The molecule has 0 aromatic heterocycles. The van der Waals surface area contributed by atoms with E-state index in [1.54, 1.807) is 0 Å². The lowest BCUT2D eigenvalue weighted by Crippen LogP contribution is -2.28. The molecule has 0 spiro atoms. The lowest BCUT2D eigenvalue weighted by atomic mass is 9.98. The van der Waals surface area contributed by atoms with Crippen molar-refractivity contribution in [3.8, 4) is 0 Å². The van der Waals surface area contributed by atoms with Crippen molar-refractivity contribution in [3.05, 3.63) is 63.6 Å². The molecular weight excluding hydrogens is 354 g/mol. The van der Waals surface area contributed by atoms with Gasteiger partial charge in [0, 0.05) is 11.0 Å². The van der Waals surface area contributed by atoms with Crippen molar-refractivity contribution in [2.45, 2.75) is 5.92 Å². The molecule has 4 N–H and O–H groups in total. The Bertz CT molecular complexity index is 634. The first-order valence-electron chi connectivity index (χ1n) is 6.33. The molecule has 0 aliphatic heterocycles. The van der Waals surface area contributed by atoms with Crippen molar-refractivity contribution in [1.82, 2.24) is 0 Å². The van der Waals surface area contributed by atoms with Crippen LogP contribution in [0.15, 0.2) is 58.2 Å². The lowest BCUT2D eigenvalue weighted by molar-refractivity contribution is 0.316. The van der Waals surface area contributed by atoms with Gasteiger partial charge in [-0.15, -0.1) is 0 Å². The van der Waals surface area contributed by atoms with Crippen LogP contribution < -0.4 is 11.1 Å². The maximum atomic E-state index is 8.96. The highest BCUT2D eigenvalue weighted by molar-refractivity contribution is 9.10. The third-order valence-electron chi connectivity index (χ3n) is 3.10. The minimum atomic E-state index is -0.240. The van der Waals surface area contributed by atoms with E-state index in [2.05, 4.69) is 26.4 Å². The molecule has 2 aromatic carbocycles. The third kappa shape index (κ3) is 4.12. The number of nitrogens with zero attached hydrogens (tertiary/aromatic N) is 1. The lowest BCUT2D eigenvalue weighted by Gasteiger charge is -2.18. The second kappa shape index (κ2) is 7.33. The van der Waals surface area contributed by atoms with Crippen LogP contribution in [0.1, 0.15) is 11.5 Å². The monoisotopic (exact) mass is 367 g/mol. The topological polar surface area (TPSA) is 70.6 Å². The van der Waals surface area contributed by atoms with E-state index in [9.17, 15) is 0 Å². The fourth-order valence-corrected chi connectivity index (χ4v) is 2.73. The fourth-order valence-electron chi connectivity index (χ4n) is 1.99. The van der Waals surface area contributed by atoms with E-state index in [1.165, 1.54) is 0 Å². The van der Waals surface area contributed by atoms with Crippen molar-refractivity contribution < 1.29 is 5.21 Å². The smallest absolute Gasteiger partial charge is 0.148 e. The molecule has 0 saturated heterocycles. The van der Waals surface area contributed by atoms with Gasteiger partial charge >= 0.3 is 0 Å². The largest absolute Gasteiger partial charge is 0.409 e. The van der Waals surface area contributed by atoms with Crippen LogP contribution in [0.3, 0.4) is 0 Å². The number of halogens is 2. The van der Waals surface area contributed by atoms with Gasteiger partial charge in [0.05, 0.1) is 16.6 Å². The number of benzene rings is 2. The SMILES string of the molecule is NC(=NO)C(CNc1ccc(Br)cc1Cl)c1ccccc1. The van der Waals surface area contributed by atoms with Crippen molar-refractivity contribution in [1.29, 1.82) is 0 Å². The summed E-state index contributed by atoms with van der Waals surface area (Å²) in [5.74, 6) is -0.0853. The highest BCUT2D eigenvalue weighted by Gasteiger charge is 2.16. The minimum Gasteiger partial charge on any atom is -0.409 e. The number of hydrogen-bond acceptors (Lipinski definition) is 3. The molecule has 0 amide bonds. The quantitative estimate of drug-likeness (QED) is 0.323. The van der Waals surface area contributed by atoms with Gasteiger partial charge in [0.1, 0.15) is 5.84 Å². The van der Waals surface area contributed by atoms with Crippen molar-refractivity contribution >= 4 is 39.1 Å². The maximum Gasteiger partial charge on any atom is 0.148 e. The second-order valence-corrected chi connectivity index (χ2v) is 5.82. The Balaban J connectivity index is 2.17. The molecule has 21 heavy (non-hydrogen) atoms. The Morgan fingerprint density at radius 3 is 2.62 bits per heavy atom. The number of anilines is 1. The van der Waals surface area contributed by atoms with E-state index in [4.69, 9.17) is 22.5 Å². The molecule has 0 fully saturated rings. The summed E-state index contributed by atoms with van der Waals surface area (Å²) in [6.07, 6.45) is 0. The van der Waals surface area contributed by atoms with Gasteiger partial charge in [-0.25, -0.2) is 0 Å². The Morgan fingerprint density at radius 2 is 2.00 bits per heavy atom. The normalized spacial score (nSPS) is 13.0. The van der Waals surface area contributed by atoms with E-state index < -0.39 is 0 Å². The summed E-state index contributed by atoms with van der Waals surface area (Å²) in [5, 5.41) is 15.9. The molecule has 110 valence electrons. The Morgan fingerprint density at radius 1 is 1.29 bits per heavy atom. The minimum absolute atomic E-state index is 0.155. The molecule has 2 rings (SSSR count). The Hall–Kier alpha value is -1.72. The molecule has 0 heterocycles. The molecule has 0 aliphatic rings. The van der Waals surface area contributed by atoms with Crippen LogP contribution in [0.4, 0.5) is 5.69 Å². The van der Waals surface area contributed by atoms with Gasteiger partial charge in [-0.05, 0) is 23.8 Å². The van der Waals surface area contributed by atoms with Gasteiger partial charge in [0.15, 0.2) is 0 Å². The van der Waals surface area contributed by atoms with Crippen LogP contribution >= 0.6 is 27.5 Å². The van der Waals surface area contributed by atoms with Crippen LogP contribution in [0.25, 0.3) is 0 Å². The summed E-state index contributed by atoms with van der Waals surface area (Å²) >= 11 is 9.53. The zero-order chi connectivity index (χ0) is 15.2. The molecule has 2 aromatic rings. The van der Waals surface area contributed by atoms with Crippen molar-refractivity contribution in [2.24, 2.45) is 10.9 Å². The molecule has 6 heteroatoms. The molecule has 1 atom stereocenters. The first-order chi connectivity index (χ1) is 10.1. The van der Waals surface area contributed by atoms with Crippen LogP contribution in [0.5, 0.6) is 0 Å². The summed E-state index contributed by atoms with van der Waals surface area (Å²) in [5.41, 5.74) is 7.56. The Kier molecular flexibility index (Phi) is 5.47. The first kappa shape index (κ1) is 15.7. The number of nitrogens with two attached hydrogens (primary N) is 1. The van der Waals surface area contributed by atoms with Gasteiger partial charge in [-0.1, -0.05) is 63.0 Å². The number of hydrogen-bond donors (Lipinski definition) is 3. The summed E-state index contributed by atoms with van der Waals surface area (Å²) in [6, 6.07) is 15.2. The molecule has 0 radical (unpaired) electrons. The van der Waals surface area contributed by atoms with Crippen LogP contribution in [-0.2, 0) is 0 Å². The number of rotatable bonds is 5. The molecule has 0 saturated carbocycles. The van der Waals surface area contributed by atoms with Gasteiger partial charge in [-0.2, -0.15) is 0 Å². The van der Waals surface area contributed by atoms with Gasteiger partial charge < -0.3 is 16.3 Å². The summed E-state index contributed by atoms with van der Waals surface area (Å²) < 4.78 is 0.911. The number of nitrogens with one attached hydrogen (secondary N) is 1. The van der Waals surface area contributed by atoms with Gasteiger partial charge in [0.2, 0.25) is 0 Å². The summed E-state index contributed by atoms with van der Waals surface area (Å²) in [4.78, 5) is 0. The predicted octanol–water partition coefficient (Wildman–Crippen LogP) is 4.04. The standard InChI is InChI=1S/C15H15BrClN3O/c16-11-6-7-14(13(17)8-11)19-9-12(15(18)20-21)10-4-2-1-3-5-10/h1-8,12,19,21H,9H2,(H2,18,20). The average molecular weight is 369 g/mol. The highest BCUT2D eigenvalue weighted by Crippen LogP contribution is 2.26. The fraction of sp³-hybridized carbons (Fsp3) is 0.133. The maximum absolute atomic E-state index is 8.96. The average Bonchev–Trinajstić information content (AvgIpc) is 2.50. The summed E-state index contributed by atoms with van der Waals surface area (Å²) in [7, 11) is 0. The number of oxime groups is 1. The van der Waals surface area contributed by atoms with Crippen LogP contribution in [0.2, 0.25) is 5.02 Å². The Labute approximate surface area is 136 Å². The predicted molar refractivity (Wildman–Crippen MR) is 90.2 cm³/mol. The number of amidine groups is 1. The van der Waals surface area contributed by atoms with Crippen LogP contribution in [0, 0.1) is 0 Å². The highest BCUT2D eigenvalue weighted by atomic mass is 79.9. The first-order valence-corrected chi connectivity index (χ1v) is 7.50. The van der Waals surface area contributed by atoms with Crippen molar-refractivity contribution in [3.63, 3.8) is 0 Å². The molecule has 0 aliphatic carbocycles. The van der Waals surface area contributed by atoms with Gasteiger partial charge in [0.25, 0.3) is 0 Å². The van der Waals surface area contributed by atoms with Crippen LogP contribution in [-0.4, -0.2) is 17.6 Å². The molecule has 0 bridgehead atoms. The second-order valence-electron chi connectivity index (χ2n) is 4.49. The molecular formula is C15H15BrClN3O. The van der Waals surface area contributed by atoms with E-state index in [0.29, 0.717) is 11.6 Å².